The molecule has 0 saturated carbocycles. The Morgan fingerprint density at radius 2 is 2.16 bits per heavy atom. The van der Waals surface area contributed by atoms with Gasteiger partial charge in [0, 0.05) is 12.3 Å². The molecule has 1 unspecified atom stereocenters. The van der Waals surface area contributed by atoms with Crippen LogP contribution in [0, 0.1) is 0 Å². The summed E-state index contributed by atoms with van der Waals surface area (Å²) in [5.41, 5.74) is 0.992. The van der Waals surface area contributed by atoms with Gasteiger partial charge in [0.15, 0.2) is 0 Å². The number of ether oxygens (including phenoxy) is 1. The number of thioether (sulfide) groups is 1. The van der Waals surface area contributed by atoms with Crippen LogP contribution in [-0.2, 0) is 14.3 Å². The fourth-order valence-corrected chi connectivity index (χ4v) is 3.22. The number of rotatable bonds is 4. The van der Waals surface area contributed by atoms with Crippen LogP contribution in [0.25, 0.3) is 0 Å². The van der Waals surface area contributed by atoms with Crippen molar-refractivity contribution in [1.82, 2.24) is 4.90 Å². The number of esters is 1. The predicted octanol–water partition coefficient (Wildman–Crippen LogP) is 1.87. The van der Waals surface area contributed by atoms with Gasteiger partial charge in [-0.05, 0) is 12.5 Å². The molecule has 1 heterocycles. The van der Waals surface area contributed by atoms with E-state index in [-0.39, 0.29) is 23.7 Å². The number of benzene rings is 1. The van der Waals surface area contributed by atoms with E-state index in [1.807, 2.05) is 30.3 Å². The van der Waals surface area contributed by atoms with Crippen LogP contribution in [0.3, 0.4) is 0 Å². The maximum Gasteiger partial charge on any atom is 0.325 e. The highest BCUT2D eigenvalue weighted by Gasteiger charge is 2.31. The van der Waals surface area contributed by atoms with Crippen molar-refractivity contribution in [2.24, 2.45) is 0 Å². The molecule has 1 aliphatic heterocycles. The first-order valence-electron chi connectivity index (χ1n) is 6.33. The summed E-state index contributed by atoms with van der Waals surface area (Å²) in [6.45, 7) is 2.76. The number of hydrogen-bond donors (Lipinski definition) is 0. The Kier molecular flexibility index (Phi) is 4.85. The van der Waals surface area contributed by atoms with Crippen molar-refractivity contribution in [2.45, 2.75) is 12.2 Å². The van der Waals surface area contributed by atoms with Gasteiger partial charge in [0.05, 0.1) is 6.61 Å². The van der Waals surface area contributed by atoms with E-state index in [0.717, 1.165) is 11.3 Å². The van der Waals surface area contributed by atoms with E-state index >= 15 is 0 Å². The lowest BCUT2D eigenvalue weighted by Crippen LogP contribution is -2.43. The number of carbonyl (C=O) groups excluding carboxylic acids is 2. The summed E-state index contributed by atoms with van der Waals surface area (Å²) in [6, 6.07) is 9.67. The molecule has 0 radical (unpaired) electrons. The van der Waals surface area contributed by atoms with Gasteiger partial charge < -0.3 is 9.64 Å². The minimum atomic E-state index is -0.338. The zero-order chi connectivity index (χ0) is 13.7. The van der Waals surface area contributed by atoms with Gasteiger partial charge in [-0.15, -0.1) is 11.8 Å². The molecule has 0 aliphatic carbocycles. The molecule has 102 valence electrons. The minimum absolute atomic E-state index is 0.00416. The summed E-state index contributed by atoms with van der Waals surface area (Å²) < 4.78 is 4.89. The van der Waals surface area contributed by atoms with Crippen LogP contribution in [0.5, 0.6) is 0 Å². The molecule has 1 atom stereocenters. The maximum absolute atomic E-state index is 12.4. The molecule has 1 aliphatic rings. The van der Waals surface area contributed by atoms with Crippen molar-refractivity contribution in [3.63, 3.8) is 0 Å². The van der Waals surface area contributed by atoms with Gasteiger partial charge in [-0.3, -0.25) is 9.59 Å². The number of carbonyl (C=O) groups is 2. The molecule has 19 heavy (non-hydrogen) atoms. The maximum atomic E-state index is 12.4. The van der Waals surface area contributed by atoms with Crippen LogP contribution in [-0.4, -0.2) is 42.2 Å². The molecule has 1 aromatic rings. The Hall–Kier alpha value is -1.49. The molecule has 0 spiro atoms. The summed E-state index contributed by atoms with van der Waals surface area (Å²) >= 11 is 1.63. The standard InChI is InChI=1S/C14H17NO3S/c1-2-18-12(16)10-15-8-9-19-13(14(15)17)11-6-4-3-5-7-11/h3-7,13H,2,8-10H2,1H3. The fraction of sp³-hybridized carbons (Fsp3) is 0.429. The lowest BCUT2D eigenvalue weighted by Gasteiger charge is -2.31. The highest BCUT2D eigenvalue weighted by atomic mass is 32.2. The molecule has 4 nitrogen and oxygen atoms in total. The van der Waals surface area contributed by atoms with Gasteiger partial charge in [0.25, 0.3) is 0 Å². The molecular formula is C14H17NO3S. The third kappa shape index (κ3) is 3.50. The molecule has 1 aromatic carbocycles. The third-order valence-electron chi connectivity index (χ3n) is 2.91. The Bertz CT molecular complexity index is 449. The quantitative estimate of drug-likeness (QED) is 0.789. The topological polar surface area (TPSA) is 46.6 Å². The highest BCUT2D eigenvalue weighted by molar-refractivity contribution is 8.00. The van der Waals surface area contributed by atoms with E-state index in [1.165, 1.54) is 0 Å². The van der Waals surface area contributed by atoms with Crippen molar-refractivity contribution in [3.8, 4) is 0 Å². The Balaban J connectivity index is 2.04. The molecule has 5 heteroatoms. The van der Waals surface area contributed by atoms with Crippen LogP contribution >= 0.6 is 11.8 Å². The molecule has 2 rings (SSSR count). The summed E-state index contributed by atoms with van der Waals surface area (Å²) in [6.07, 6.45) is 0. The van der Waals surface area contributed by atoms with Gasteiger partial charge in [-0.25, -0.2) is 0 Å². The van der Waals surface area contributed by atoms with Crippen LogP contribution in [0.1, 0.15) is 17.7 Å². The zero-order valence-corrected chi connectivity index (χ0v) is 11.7. The monoisotopic (exact) mass is 279 g/mol. The van der Waals surface area contributed by atoms with Crippen molar-refractivity contribution in [3.05, 3.63) is 35.9 Å². The summed E-state index contributed by atoms with van der Waals surface area (Å²) in [5.74, 6) is 0.495. The molecule has 1 amide bonds. The zero-order valence-electron chi connectivity index (χ0n) is 10.9. The first-order valence-corrected chi connectivity index (χ1v) is 7.38. The summed E-state index contributed by atoms with van der Waals surface area (Å²) in [7, 11) is 0. The van der Waals surface area contributed by atoms with E-state index in [4.69, 9.17) is 4.74 Å². The first kappa shape index (κ1) is 13.9. The third-order valence-corrected chi connectivity index (χ3v) is 4.13. The van der Waals surface area contributed by atoms with Crippen LogP contribution in [0.2, 0.25) is 0 Å². The molecular weight excluding hydrogens is 262 g/mol. The van der Waals surface area contributed by atoms with Gasteiger partial charge in [0.1, 0.15) is 11.8 Å². The Labute approximate surface area is 117 Å². The normalized spacial score (nSPS) is 19.3. The molecule has 0 aromatic heterocycles. The van der Waals surface area contributed by atoms with Crippen molar-refractivity contribution in [2.75, 3.05) is 25.4 Å². The summed E-state index contributed by atoms with van der Waals surface area (Å²) in [5, 5.41) is -0.204. The predicted molar refractivity (Wildman–Crippen MR) is 74.9 cm³/mol. The number of hydrogen-bond acceptors (Lipinski definition) is 4. The lowest BCUT2D eigenvalue weighted by atomic mass is 10.1. The van der Waals surface area contributed by atoms with Gasteiger partial charge >= 0.3 is 5.97 Å². The average molecular weight is 279 g/mol. The minimum Gasteiger partial charge on any atom is -0.465 e. The largest absolute Gasteiger partial charge is 0.465 e. The van der Waals surface area contributed by atoms with Crippen molar-refractivity contribution < 1.29 is 14.3 Å². The van der Waals surface area contributed by atoms with E-state index in [9.17, 15) is 9.59 Å². The number of nitrogens with zero attached hydrogens (tertiary/aromatic N) is 1. The SMILES string of the molecule is CCOC(=O)CN1CCSC(c2ccccc2)C1=O. The van der Waals surface area contributed by atoms with Gasteiger partial charge in [-0.2, -0.15) is 0 Å². The number of amides is 1. The summed E-state index contributed by atoms with van der Waals surface area (Å²) in [4.78, 5) is 25.4. The Morgan fingerprint density at radius 3 is 2.84 bits per heavy atom. The molecule has 1 saturated heterocycles. The van der Waals surface area contributed by atoms with Crippen LogP contribution in [0.4, 0.5) is 0 Å². The Morgan fingerprint density at radius 1 is 1.42 bits per heavy atom. The lowest BCUT2D eigenvalue weighted by molar-refractivity contribution is -0.148. The average Bonchev–Trinajstić information content (AvgIpc) is 2.42. The second kappa shape index (κ2) is 6.61. The van der Waals surface area contributed by atoms with E-state index in [1.54, 1.807) is 23.6 Å². The second-order valence-corrected chi connectivity index (χ2v) is 5.44. The van der Waals surface area contributed by atoms with Crippen molar-refractivity contribution in [1.29, 1.82) is 0 Å². The van der Waals surface area contributed by atoms with E-state index in [0.29, 0.717) is 13.2 Å². The van der Waals surface area contributed by atoms with Crippen LogP contribution < -0.4 is 0 Å². The van der Waals surface area contributed by atoms with Crippen LogP contribution in [0.15, 0.2) is 30.3 Å². The highest BCUT2D eigenvalue weighted by Crippen LogP contribution is 2.33. The first-order chi connectivity index (χ1) is 9.22. The molecule has 1 fully saturated rings. The van der Waals surface area contributed by atoms with Crippen molar-refractivity contribution >= 4 is 23.6 Å². The second-order valence-electron chi connectivity index (χ2n) is 4.23. The smallest absolute Gasteiger partial charge is 0.325 e. The molecule has 0 bridgehead atoms. The van der Waals surface area contributed by atoms with Gasteiger partial charge in [0.2, 0.25) is 5.91 Å². The fourth-order valence-electron chi connectivity index (χ4n) is 2.01. The van der Waals surface area contributed by atoms with Gasteiger partial charge in [-0.1, -0.05) is 30.3 Å². The molecule has 0 N–H and O–H groups in total. The van der Waals surface area contributed by atoms with E-state index in [2.05, 4.69) is 0 Å². The van der Waals surface area contributed by atoms with E-state index < -0.39 is 0 Å².